The first-order valence-electron chi connectivity index (χ1n) is 2.54. The van der Waals surface area contributed by atoms with Crippen molar-refractivity contribution in [1.82, 2.24) is 0 Å². The third kappa shape index (κ3) is 4.20. The molecule has 8 heavy (non-hydrogen) atoms. The van der Waals surface area contributed by atoms with Gasteiger partial charge in [-0.15, -0.1) is 0 Å². The van der Waals surface area contributed by atoms with E-state index in [-0.39, 0.29) is 0 Å². The molecule has 0 unspecified atom stereocenters. The molecule has 0 aliphatic heterocycles. The Bertz CT molecular complexity index is 112. The second kappa shape index (κ2) is 5.18. The molecule has 0 aromatic heterocycles. The van der Waals surface area contributed by atoms with Crippen molar-refractivity contribution in [3.63, 3.8) is 0 Å². The van der Waals surface area contributed by atoms with Crippen LogP contribution in [0.15, 0.2) is 17.7 Å². The SMILES string of the molecule is [CH-]=C(/C=C\[CH]=[W])CC. The first-order chi connectivity index (χ1) is 3.81. The Morgan fingerprint density at radius 2 is 2.38 bits per heavy atom. The summed E-state index contributed by atoms with van der Waals surface area (Å²) in [6.07, 6.45) is 4.86. The molecular formula is C7H9W-. The van der Waals surface area contributed by atoms with Gasteiger partial charge in [0.05, 0.1) is 0 Å². The van der Waals surface area contributed by atoms with E-state index in [1.807, 2.05) is 23.5 Å². The van der Waals surface area contributed by atoms with Gasteiger partial charge in [-0.3, -0.25) is 0 Å². The Morgan fingerprint density at radius 1 is 1.75 bits per heavy atom. The van der Waals surface area contributed by atoms with Crippen LogP contribution < -0.4 is 0 Å². The summed E-state index contributed by atoms with van der Waals surface area (Å²) in [5.74, 6) is 0. The molecule has 0 radical (unpaired) electrons. The van der Waals surface area contributed by atoms with Crippen molar-refractivity contribution in [3.05, 3.63) is 24.3 Å². The third-order valence-electron chi connectivity index (χ3n) is 0.797. The number of rotatable bonds is 3. The average Bonchev–Trinajstić information content (AvgIpc) is 1.83. The molecule has 0 aliphatic carbocycles. The van der Waals surface area contributed by atoms with Crippen LogP contribution >= 0.6 is 0 Å². The molecule has 0 nitrogen and oxygen atoms in total. The minimum absolute atomic E-state index is 0.944. The second-order valence-electron chi connectivity index (χ2n) is 1.42. The van der Waals surface area contributed by atoms with Gasteiger partial charge in [0.2, 0.25) is 0 Å². The Morgan fingerprint density at radius 3 is 2.75 bits per heavy atom. The van der Waals surface area contributed by atoms with Crippen LogP contribution in [0.25, 0.3) is 0 Å². The van der Waals surface area contributed by atoms with Crippen LogP contribution in [-0.2, 0) is 19.4 Å². The van der Waals surface area contributed by atoms with E-state index in [1.54, 1.807) is 0 Å². The summed E-state index contributed by atoms with van der Waals surface area (Å²) in [4.78, 5) is 0. The summed E-state index contributed by atoms with van der Waals surface area (Å²) in [5, 5.41) is 0. The van der Waals surface area contributed by atoms with Crippen LogP contribution in [0.4, 0.5) is 0 Å². The van der Waals surface area contributed by atoms with Crippen molar-refractivity contribution >= 4 is 4.40 Å². The van der Waals surface area contributed by atoms with Crippen molar-refractivity contribution in [1.29, 1.82) is 0 Å². The van der Waals surface area contributed by atoms with E-state index >= 15 is 0 Å². The zero-order valence-corrected chi connectivity index (χ0v) is 7.86. The predicted molar refractivity (Wildman–Crippen MR) is 33.3 cm³/mol. The maximum absolute atomic E-state index is 5.48. The van der Waals surface area contributed by atoms with Gasteiger partial charge >= 0.3 is 61.4 Å². The van der Waals surface area contributed by atoms with Crippen molar-refractivity contribution in [2.45, 2.75) is 13.3 Å². The molecule has 0 atom stereocenters. The molecule has 1 heteroatoms. The minimum atomic E-state index is 0.944. The first-order valence-corrected chi connectivity index (χ1v) is 4.23. The van der Waals surface area contributed by atoms with Crippen molar-refractivity contribution < 1.29 is 19.4 Å². The number of hydrogen-bond acceptors (Lipinski definition) is 0. The molecule has 0 bridgehead atoms. The maximum atomic E-state index is 5.48. The van der Waals surface area contributed by atoms with Crippen LogP contribution in [0.5, 0.6) is 0 Å². The molecule has 44 valence electrons. The van der Waals surface area contributed by atoms with Crippen LogP contribution in [0, 0.1) is 6.58 Å². The Kier molecular flexibility index (Phi) is 5.21. The Labute approximate surface area is 61.7 Å². The molecule has 0 rings (SSSR count). The van der Waals surface area contributed by atoms with Crippen LogP contribution in [-0.4, -0.2) is 4.40 Å². The van der Waals surface area contributed by atoms with E-state index in [4.69, 9.17) is 6.58 Å². The quantitative estimate of drug-likeness (QED) is 0.543. The molecular weight excluding hydrogens is 268 g/mol. The summed E-state index contributed by atoms with van der Waals surface area (Å²) < 4.78 is 2.04. The van der Waals surface area contributed by atoms with Gasteiger partial charge in [-0.05, 0) is 0 Å². The fourth-order valence-corrected chi connectivity index (χ4v) is 0.563. The molecule has 0 spiro atoms. The standard InChI is InChI=1S/C7H9.W/c1-4-6-7(3)5-2;/h1,3-4,6H,5H2,2H3;/q-1;/b6-4-;. The predicted octanol–water partition coefficient (Wildman–Crippen LogP) is 1.66. The van der Waals surface area contributed by atoms with Crippen LogP contribution in [0.3, 0.4) is 0 Å². The zero-order chi connectivity index (χ0) is 6.41. The topological polar surface area (TPSA) is 0 Å². The molecule has 0 N–H and O–H groups in total. The fourth-order valence-electron chi connectivity index (χ4n) is 0.281. The molecule has 0 amide bonds. The van der Waals surface area contributed by atoms with E-state index in [9.17, 15) is 0 Å². The molecule has 0 saturated carbocycles. The van der Waals surface area contributed by atoms with Gasteiger partial charge in [-0.2, -0.15) is 0 Å². The van der Waals surface area contributed by atoms with Gasteiger partial charge in [0.25, 0.3) is 0 Å². The summed E-state index contributed by atoms with van der Waals surface area (Å²) >= 11 is 1.46. The summed E-state index contributed by atoms with van der Waals surface area (Å²) in [6.45, 7) is 7.52. The monoisotopic (exact) mass is 277 g/mol. The van der Waals surface area contributed by atoms with Gasteiger partial charge in [0.15, 0.2) is 0 Å². The average molecular weight is 277 g/mol. The Hall–Kier alpha value is 0.0383. The van der Waals surface area contributed by atoms with Gasteiger partial charge in [-0.25, -0.2) is 0 Å². The normalized spacial score (nSPS) is 9.62. The summed E-state index contributed by atoms with van der Waals surface area (Å²) in [5.41, 5.74) is 0.947. The van der Waals surface area contributed by atoms with Crippen LogP contribution in [0.1, 0.15) is 13.3 Å². The zero-order valence-electron chi connectivity index (χ0n) is 4.92. The fraction of sp³-hybridized carbons (Fsp3) is 0.286. The van der Waals surface area contributed by atoms with E-state index in [0.717, 1.165) is 12.0 Å². The van der Waals surface area contributed by atoms with Crippen molar-refractivity contribution in [2.75, 3.05) is 0 Å². The van der Waals surface area contributed by atoms with Crippen molar-refractivity contribution in [3.8, 4) is 0 Å². The Balaban J connectivity index is 3.52. The summed E-state index contributed by atoms with van der Waals surface area (Å²) in [7, 11) is 0. The van der Waals surface area contributed by atoms with E-state index in [2.05, 4.69) is 0 Å². The molecule has 0 aliphatic rings. The second-order valence-corrected chi connectivity index (χ2v) is 2.40. The molecule has 0 aromatic carbocycles. The van der Waals surface area contributed by atoms with Gasteiger partial charge in [0, 0.05) is 0 Å². The van der Waals surface area contributed by atoms with E-state index in [0.29, 0.717) is 0 Å². The van der Waals surface area contributed by atoms with E-state index < -0.39 is 0 Å². The molecule has 0 saturated heterocycles. The third-order valence-corrected chi connectivity index (χ3v) is 1.36. The molecule has 0 aromatic rings. The summed E-state index contributed by atoms with van der Waals surface area (Å²) in [6, 6.07) is 0. The van der Waals surface area contributed by atoms with Gasteiger partial charge in [0.1, 0.15) is 0 Å². The van der Waals surface area contributed by atoms with E-state index in [1.165, 1.54) is 19.4 Å². The first kappa shape index (κ1) is 8.04. The number of hydrogen-bond donors (Lipinski definition) is 0. The number of allylic oxidation sites excluding steroid dienone is 3. The van der Waals surface area contributed by atoms with Gasteiger partial charge < -0.3 is 0 Å². The van der Waals surface area contributed by atoms with Gasteiger partial charge in [-0.1, -0.05) is 0 Å². The van der Waals surface area contributed by atoms with Crippen LogP contribution in [0.2, 0.25) is 0 Å². The molecule has 0 heterocycles. The molecule has 0 fully saturated rings. The van der Waals surface area contributed by atoms with Crippen molar-refractivity contribution in [2.24, 2.45) is 0 Å².